The number of alkyl halides is 3. The average Bonchev–Trinajstić information content (AvgIpc) is 2.77. The Hall–Kier alpha value is -3.29. The van der Waals surface area contributed by atoms with E-state index in [-0.39, 0.29) is 18.4 Å². The molecule has 2 aromatic carbocycles. The second kappa shape index (κ2) is 8.45. The highest BCUT2D eigenvalue weighted by molar-refractivity contribution is 5.86. The van der Waals surface area contributed by atoms with Gasteiger partial charge in [0.05, 0.1) is 5.56 Å². The minimum absolute atomic E-state index is 0.00104. The number of pyridine rings is 1. The van der Waals surface area contributed by atoms with Crippen molar-refractivity contribution >= 4 is 22.6 Å². The highest BCUT2D eigenvalue weighted by Crippen LogP contribution is 2.31. The molecule has 1 fully saturated rings. The van der Waals surface area contributed by atoms with E-state index in [1.54, 1.807) is 12.1 Å². The maximum absolute atomic E-state index is 12.9. The van der Waals surface area contributed by atoms with E-state index in [0.29, 0.717) is 42.8 Å². The molecule has 0 atom stereocenters. The highest BCUT2D eigenvalue weighted by Gasteiger charge is 2.30. The fourth-order valence-electron chi connectivity index (χ4n) is 3.79. The first-order chi connectivity index (χ1) is 14.8. The molecule has 2 heterocycles. The number of rotatable bonds is 5. The summed E-state index contributed by atoms with van der Waals surface area (Å²) in [6.07, 6.45) is -3.03. The summed E-state index contributed by atoms with van der Waals surface area (Å²) in [5, 5.41) is 0.873. The lowest BCUT2D eigenvalue weighted by molar-refractivity contribution is -0.137. The van der Waals surface area contributed by atoms with Crippen molar-refractivity contribution in [2.75, 3.05) is 18.0 Å². The van der Waals surface area contributed by atoms with Crippen molar-refractivity contribution in [1.29, 1.82) is 0 Å². The summed E-state index contributed by atoms with van der Waals surface area (Å²) < 4.78 is 44.7. The van der Waals surface area contributed by atoms with E-state index in [9.17, 15) is 18.0 Å². The standard InChI is InChI=1S/C23H22F3N3O2/c24-23(25,26)18-5-1-3-15(13-18)14-31-19-6-2-4-16-7-8-20(28-21(16)19)29-11-9-17(10-12-29)22(27)30/h1-8,13,17H,9-12,14H2,(H2,27,30). The van der Waals surface area contributed by atoms with Crippen molar-refractivity contribution in [2.45, 2.75) is 25.6 Å². The third kappa shape index (κ3) is 4.73. The number of piperidine rings is 1. The third-order valence-corrected chi connectivity index (χ3v) is 5.54. The molecular weight excluding hydrogens is 407 g/mol. The van der Waals surface area contributed by atoms with Crippen LogP contribution in [0.1, 0.15) is 24.0 Å². The zero-order chi connectivity index (χ0) is 22.0. The van der Waals surface area contributed by atoms with Gasteiger partial charge in [0.1, 0.15) is 23.7 Å². The highest BCUT2D eigenvalue weighted by atomic mass is 19.4. The van der Waals surface area contributed by atoms with Crippen LogP contribution in [0.15, 0.2) is 54.6 Å². The van der Waals surface area contributed by atoms with Gasteiger partial charge in [-0.15, -0.1) is 0 Å². The van der Waals surface area contributed by atoms with Crippen LogP contribution in [0.4, 0.5) is 19.0 Å². The van der Waals surface area contributed by atoms with Gasteiger partial charge in [0.15, 0.2) is 0 Å². The van der Waals surface area contributed by atoms with E-state index in [1.807, 2.05) is 24.3 Å². The second-order valence-electron chi connectivity index (χ2n) is 7.65. The quantitative estimate of drug-likeness (QED) is 0.647. The summed E-state index contributed by atoms with van der Waals surface area (Å²) in [6, 6.07) is 14.4. The molecule has 3 aromatic rings. The Balaban J connectivity index is 1.54. The van der Waals surface area contributed by atoms with Gasteiger partial charge in [-0.05, 0) is 48.7 Å². The van der Waals surface area contributed by atoms with Gasteiger partial charge < -0.3 is 15.4 Å². The molecule has 1 aliphatic rings. The number of halogens is 3. The van der Waals surface area contributed by atoms with Crippen LogP contribution >= 0.6 is 0 Å². The molecule has 0 aliphatic carbocycles. The van der Waals surface area contributed by atoms with Crippen LogP contribution in [0.2, 0.25) is 0 Å². The van der Waals surface area contributed by atoms with Crippen LogP contribution in [-0.2, 0) is 17.6 Å². The predicted octanol–water partition coefficient (Wildman–Crippen LogP) is 4.53. The maximum Gasteiger partial charge on any atom is 0.416 e. The molecule has 2 N–H and O–H groups in total. The lowest BCUT2D eigenvalue weighted by Gasteiger charge is -2.31. The lowest BCUT2D eigenvalue weighted by Crippen LogP contribution is -2.38. The number of ether oxygens (including phenoxy) is 1. The van der Waals surface area contributed by atoms with Crippen LogP contribution in [-0.4, -0.2) is 24.0 Å². The van der Waals surface area contributed by atoms with E-state index in [0.717, 1.165) is 23.3 Å². The summed E-state index contributed by atoms with van der Waals surface area (Å²) in [6.45, 7) is 1.36. The van der Waals surface area contributed by atoms with Crippen molar-refractivity contribution in [3.63, 3.8) is 0 Å². The Morgan fingerprint density at radius 2 is 1.84 bits per heavy atom. The number of nitrogens with zero attached hydrogens (tertiary/aromatic N) is 2. The normalized spacial score (nSPS) is 15.3. The molecule has 0 radical (unpaired) electrons. The number of amides is 1. The van der Waals surface area contributed by atoms with Crippen molar-refractivity contribution in [3.8, 4) is 5.75 Å². The molecular formula is C23H22F3N3O2. The van der Waals surface area contributed by atoms with Gasteiger partial charge in [-0.25, -0.2) is 4.98 Å². The molecule has 162 valence electrons. The van der Waals surface area contributed by atoms with Gasteiger partial charge >= 0.3 is 6.18 Å². The summed E-state index contributed by atoms with van der Waals surface area (Å²) in [5.41, 5.74) is 5.78. The molecule has 4 rings (SSSR count). The van der Waals surface area contributed by atoms with Crippen LogP contribution < -0.4 is 15.4 Å². The molecule has 8 heteroatoms. The van der Waals surface area contributed by atoms with Crippen molar-refractivity contribution in [1.82, 2.24) is 4.98 Å². The first-order valence-electron chi connectivity index (χ1n) is 10.0. The van der Waals surface area contributed by atoms with Gasteiger partial charge in [0.25, 0.3) is 0 Å². The molecule has 0 spiro atoms. The van der Waals surface area contributed by atoms with Gasteiger partial charge in [-0.3, -0.25) is 4.79 Å². The first-order valence-corrected chi connectivity index (χ1v) is 10.0. The molecule has 0 unspecified atom stereocenters. The van der Waals surface area contributed by atoms with E-state index in [2.05, 4.69) is 4.90 Å². The van der Waals surface area contributed by atoms with Crippen LogP contribution in [0.25, 0.3) is 10.9 Å². The van der Waals surface area contributed by atoms with Crippen molar-refractivity contribution in [2.24, 2.45) is 11.7 Å². The number of benzene rings is 2. The minimum Gasteiger partial charge on any atom is -0.487 e. The number of fused-ring (bicyclic) bond motifs is 1. The van der Waals surface area contributed by atoms with Gasteiger partial charge in [-0.2, -0.15) is 13.2 Å². The summed E-state index contributed by atoms with van der Waals surface area (Å²) in [4.78, 5) is 18.2. The molecule has 1 aromatic heterocycles. The topological polar surface area (TPSA) is 68.5 Å². The van der Waals surface area contributed by atoms with Crippen molar-refractivity contribution in [3.05, 3.63) is 65.7 Å². The summed E-state index contributed by atoms with van der Waals surface area (Å²) >= 11 is 0. The maximum atomic E-state index is 12.9. The molecule has 1 amide bonds. The van der Waals surface area contributed by atoms with Crippen LogP contribution in [0.3, 0.4) is 0 Å². The Kier molecular flexibility index (Phi) is 5.71. The van der Waals surface area contributed by atoms with E-state index in [1.165, 1.54) is 6.07 Å². The van der Waals surface area contributed by atoms with Gasteiger partial charge in [-0.1, -0.05) is 24.3 Å². The number of hydrogen-bond donors (Lipinski definition) is 1. The number of nitrogens with two attached hydrogens (primary N) is 1. The SMILES string of the molecule is NC(=O)C1CCN(c2ccc3cccc(OCc4cccc(C(F)(F)F)c4)c3n2)CC1. The summed E-state index contributed by atoms with van der Waals surface area (Å²) in [5.74, 6) is 0.897. The second-order valence-corrected chi connectivity index (χ2v) is 7.65. The average molecular weight is 429 g/mol. The molecule has 1 saturated heterocycles. The third-order valence-electron chi connectivity index (χ3n) is 5.54. The number of hydrogen-bond acceptors (Lipinski definition) is 4. The lowest BCUT2D eigenvalue weighted by atomic mass is 9.96. The fraction of sp³-hybridized carbons (Fsp3) is 0.304. The fourth-order valence-corrected chi connectivity index (χ4v) is 3.79. The smallest absolute Gasteiger partial charge is 0.416 e. The molecule has 1 aliphatic heterocycles. The molecule has 0 saturated carbocycles. The Morgan fingerprint density at radius 3 is 2.55 bits per heavy atom. The zero-order valence-corrected chi connectivity index (χ0v) is 16.7. The number of carbonyl (C=O) groups is 1. The Bertz CT molecular complexity index is 1090. The number of anilines is 1. The molecule has 0 bridgehead atoms. The largest absolute Gasteiger partial charge is 0.487 e. The number of para-hydroxylation sites is 1. The monoisotopic (exact) mass is 429 g/mol. The Labute approximate surface area is 177 Å². The van der Waals surface area contributed by atoms with Gasteiger partial charge in [0.2, 0.25) is 5.91 Å². The predicted molar refractivity (Wildman–Crippen MR) is 112 cm³/mol. The Morgan fingerprint density at radius 1 is 1.10 bits per heavy atom. The van der Waals surface area contributed by atoms with E-state index >= 15 is 0 Å². The van der Waals surface area contributed by atoms with Crippen LogP contribution in [0.5, 0.6) is 5.75 Å². The number of primary amides is 1. The van der Waals surface area contributed by atoms with Gasteiger partial charge in [0, 0.05) is 24.4 Å². The molecule has 5 nitrogen and oxygen atoms in total. The number of aromatic nitrogens is 1. The van der Waals surface area contributed by atoms with E-state index < -0.39 is 11.7 Å². The molecule has 31 heavy (non-hydrogen) atoms. The summed E-state index contributed by atoms with van der Waals surface area (Å²) in [7, 11) is 0. The van der Waals surface area contributed by atoms with E-state index in [4.69, 9.17) is 15.5 Å². The van der Waals surface area contributed by atoms with Crippen molar-refractivity contribution < 1.29 is 22.7 Å². The first kappa shape index (κ1) is 21.0. The van der Waals surface area contributed by atoms with Crippen LogP contribution in [0, 0.1) is 5.92 Å². The zero-order valence-electron chi connectivity index (χ0n) is 16.7. The minimum atomic E-state index is -4.39. The number of carbonyl (C=O) groups excluding carboxylic acids is 1.